The Kier molecular flexibility index (Phi) is 10.6. The van der Waals surface area contributed by atoms with Gasteiger partial charge in [0.1, 0.15) is 12.3 Å². The molecule has 0 bridgehead atoms. The van der Waals surface area contributed by atoms with E-state index < -0.39 is 53.7 Å². The van der Waals surface area contributed by atoms with Crippen LogP contribution in [0.2, 0.25) is 0 Å². The van der Waals surface area contributed by atoms with Gasteiger partial charge in [0.05, 0.1) is 38.2 Å². The van der Waals surface area contributed by atoms with Crippen molar-refractivity contribution in [2.45, 2.75) is 45.2 Å². The summed E-state index contributed by atoms with van der Waals surface area (Å²) in [6.45, 7) is 2.84. The van der Waals surface area contributed by atoms with E-state index in [-0.39, 0.29) is 19.2 Å². The van der Waals surface area contributed by atoms with Crippen molar-refractivity contribution in [3.05, 3.63) is 77.2 Å². The highest BCUT2D eigenvalue weighted by Crippen LogP contribution is 2.37. The summed E-state index contributed by atoms with van der Waals surface area (Å²) in [6, 6.07) is 7.66. The largest absolute Gasteiger partial charge is 0.493 e. The fraction of sp³-hybridized carbons (Fsp3) is 0.379. The van der Waals surface area contributed by atoms with Crippen molar-refractivity contribution in [1.82, 2.24) is 9.80 Å². The van der Waals surface area contributed by atoms with Gasteiger partial charge in [-0.1, -0.05) is 6.07 Å². The van der Waals surface area contributed by atoms with Crippen LogP contribution in [0.3, 0.4) is 0 Å². The van der Waals surface area contributed by atoms with Crippen LogP contribution in [0.25, 0.3) is 0 Å². The summed E-state index contributed by atoms with van der Waals surface area (Å²) >= 11 is 0. The lowest BCUT2D eigenvalue weighted by atomic mass is 10.1. The summed E-state index contributed by atoms with van der Waals surface area (Å²) < 4.78 is 95.7. The summed E-state index contributed by atoms with van der Waals surface area (Å²) in [4.78, 5) is 29.0. The minimum atomic E-state index is -5.09. The second kappa shape index (κ2) is 13.7. The number of carbonyl (C=O) groups is 2. The molecule has 1 aromatic heterocycles. The van der Waals surface area contributed by atoms with Crippen LogP contribution in [0.1, 0.15) is 36.3 Å². The van der Waals surface area contributed by atoms with Gasteiger partial charge < -0.3 is 29.0 Å². The molecule has 43 heavy (non-hydrogen) atoms. The maximum absolute atomic E-state index is 13.5. The number of hydrogen-bond donors (Lipinski definition) is 1. The molecule has 3 aromatic rings. The van der Waals surface area contributed by atoms with Gasteiger partial charge in [-0.05, 0) is 68.3 Å². The fourth-order valence-corrected chi connectivity index (χ4v) is 4.14. The monoisotopic (exact) mass is 615 g/mol. The molecule has 2 aromatic carbocycles. The van der Waals surface area contributed by atoms with Gasteiger partial charge in [-0.15, -0.1) is 0 Å². The van der Waals surface area contributed by atoms with E-state index in [1.165, 1.54) is 25.4 Å². The van der Waals surface area contributed by atoms with Crippen LogP contribution in [0.4, 0.5) is 36.8 Å². The first-order chi connectivity index (χ1) is 20.1. The number of rotatable bonds is 11. The molecule has 0 saturated carbocycles. The number of benzene rings is 2. The van der Waals surface area contributed by atoms with Crippen molar-refractivity contribution in [2.75, 3.05) is 32.6 Å². The van der Waals surface area contributed by atoms with Gasteiger partial charge in [0, 0.05) is 18.3 Å². The normalized spacial score (nSPS) is 11.8. The van der Waals surface area contributed by atoms with Gasteiger partial charge in [-0.25, -0.2) is 4.79 Å². The van der Waals surface area contributed by atoms with E-state index in [0.29, 0.717) is 35.8 Å². The Bertz CT molecular complexity index is 1360. The molecule has 1 heterocycles. The summed E-state index contributed by atoms with van der Waals surface area (Å²) in [6.07, 6.45) is -8.36. The smallest absolute Gasteiger partial charge is 0.416 e. The Labute approximate surface area is 244 Å². The van der Waals surface area contributed by atoms with Gasteiger partial charge in [0.2, 0.25) is 5.91 Å². The van der Waals surface area contributed by atoms with Gasteiger partial charge in [-0.2, -0.15) is 26.3 Å². The maximum Gasteiger partial charge on any atom is 0.416 e. The molecule has 3 rings (SSSR count). The first kappa shape index (κ1) is 33.1. The lowest BCUT2D eigenvalue weighted by Crippen LogP contribution is -2.47. The summed E-state index contributed by atoms with van der Waals surface area (Å²) in [5.74, 6) is 0.955. The zero-order valence-corrected chi connectivity index (χ0v) is 23.8. The molecule has 0 aliphatic heterocycles. The average Bonchev–Trinajstić information content (AvgIpc) is 3.45. The Morgan fingerprint density at radius 1 is 0.907 bits per heavy atom. The van der Waals surface area contributed by atoms with E-state index in [9.17, 15) is 35.9 Å². The van der Waals surface area contributed by atoms with Crippen molar-refractivity contribution in [2.24, 2.45) is 0 Å². The number of halogens is 6. The first-order valence-electron chi connectivity index (χ1n) is 13.0. The second-order valence-electron chi connectivity index (χ2n) is 9.78. The van der Waals surface area contributed by atoms with E-state index in [4.69, 9.17) is 13.9 Å². The molecule has 0 aliphatic carbocycles. The number of amides is 3. The number of methoxy groups -OCH3 is 2. The van der Waals surface area contributed by atoms with Gasteiger partial charge >= 0.3 is 18.4 Å². The highest BCUT2D eigenvalue weighted by Gasteiger charge is 2.37. The standard InChI is InChI=1S/C29H31F6N3O5/c1-18(2)38(27(40)36-22-14-20(28(30,31)32)13-21(15-22)29(33,34)35)17-26(39)37(16-23-6-5-11-43-23)10-9-19-7-8-24(41-3)25(12-19)42-4/h5-8,11-15,18H,9-10,16-17H2,1-4H3,(H,36,40). The number of ether oxygens (including phenoxy) is 2. The highest BCUT2D eigenvalue weighted by atomic mass is 19.4. The molecule has 234 valence electrons. The molecule has 3 amide bonds. The molecule has 0 atom stereocenters. The number of nitrogens with one attached hydrogen (secondary N) is 1. The molecule has 0 spiro atoms. The average molecular weight is 616 g/mol. The van der Waals surface area contributed by atoms with Crippen molar-refractivity contribution >= 4 is 17.6 Å². The van der Waals surface area contributed by atoms with E-state index >= 15 is 0 Å². The predicted octanol–water partition coefficient (Wildman–Crippen LogP) is 6.85. The minimum Gasteiger partial charge on any atom is -0.493 e. The van der Waals surface area contributed by atoms with Crippen LogP contribution < -0.4 is 14.8 Å². The van der Waals surface area contributed by atoms with Crippen LogP contribution in [0.15, 0.2) is 59.2 Å². The molecular weight excluding hydrogens is 584 g/mol. The van der Waals surface area contributed by atoms with E-state index in [1.54, 1.807) is 44.2 Å². The second-order valence-corrected chi connectivity index (χ2v) is 9.78. The Morgan fingerprint density at radius 2 is 1.53 bits per heavy atom. The van der Waals surface area contributed by atoms with Gasteiger partial charge in [0.15, 0.2) is 11.5 Å². The Balaban J connectivity index is 1.82. The van der Waals surface area contributed by atoms with Crippen LogP contribution in [0, 0.1) is 0 Å². The van der Waals surface area contributed by atoms with Crippen molar-refractivity contribution in [3.63, 3.8) is 0 Å². The lowest BCUT2D eigenvalue weighted by molar-refractivity contribution is -0.143. The molecule has 8 nitrogen and oxygen atoms in total. The third kappa shape index (κ3) is 9.06. The molecule has 0 saturated heterocycles. The highest BCUT2D eigenvalue weighted by molar-refractivity contribution is 5.92. The van der Waals surface area contributed by atoms with Crippen molar-refractivity contribution in [1.29, 1.82) is 0 Å². The van der Waals surface area contributed by atoms with Crippen LogP contribution in [0.5, 0.6) is 11.5 Å². The molecule has 0 fully saturated rings. The zero-order valence-electron chi connectivity index (χ0n) is 23.8. The SMILES string of the molecule is COc1ccc(CCN(Cc2ccco2)C(=O)CN(C(=O)Nc2cc(C(F)(F)F)cc(C(F)(F)F)c2)C(C)C)cc1OC. The number of furan rings is 1. The topological polar surface area (TPSA) is 84.2 Å². The van der Waals surface area contributed by atoms with E-state index in [0.717, 1.165) is 10.5 Å². The summed E-state index contributed by atoms with van der Waals surface area (Å²) in [7, 11) is 2.99. The van der Waals surface area contributed by atoms with Gasteiger partial charge in [0.25, 0.3) is 0 Å². The van der Waals surface area contributed by atoms with Crippen LogP contribution in [-0.4, -0.2) is 55.1 Å². The molecule has 14 heteroatoms. The Hall–Kier alpha value is -4.36. The Morgan fingerprint density at radius 3 is 2.05 bits per heavy atom. The third-order valence-electron chi connectivity index (χ3n) is 6.43. The van der Waals surface area contributed by atoms with Crippen molar-refractivity contribution < 1.29 is 49.8 Å². The predicted molar refractivity (Wildman–Crippen MR) is 145 cm³/mol. The molecule has 0 unspecified atom stereocenters. The number of hydrogen-bond acceptors (Lipinski definition) is 5. The van der Waals surface area contributed by atoms with Gasteiger partial charge in [-0.3, -0.25) is 4.79 Å². The lowest BCUT2D eigenvalue weighted by Gasteiger charge is -2.30. The third-order valence-corrected chi connectivity index (χ3v) is 6.43. The fourth-order valence-electron chi connectivity index (χ4n) is 4.14. The minimum absolute atomic E-state index is 0.0374. The van der Waals surface area contributed by atoms with Crippen molar-refractivity contribution in [3.8, 4) is 11.5 Å². The van der Waals surface area contributed by atoms with E-state index in [1.807, 2.05) is 0 Å². The molecular formula is C29H31F6N3O5. The number of anilines is 1. The maximum atomic E-state index is 13.5. The summed E-state index contributed by atoms with van der Waals surface area (Å²) in [5, 5.41) is 2.09. The number of urea groups is 1. The summed E-state index contributed by atoms with van der Waals surface area (Å²) in [5.41, 5.74) is -3.06. The molecule has 0 radical (unpaired) electrons. The number of nitrogens with zero attached hydrogens (tertiary/aromatic N) is 2. The quantitative estimate of drug-likeness (QED) is 0.239. The van der Waals surface area contributed by atoms with E-state index in [2.05, 4.69) is 5.32 Å². The first-order valence-corrected chi connectivity index (χ1v) is 13.0. The molecule has 1 N–H and O–H groups in total. The molecule has 0 aliphatic rings. The number of alkyl halides is 6. The van der Waals surface area contributed by atoms with Crippen LogP contribution in [-0.2, 0) is 30.1 Å². The number of carbonyl (C=O) groups excluding carboxylic acids is 2. The zero-order chi connectivity index (χ0) is 31.9. The van der Waals surface area contributed by atoms with Crippen LogP contribution >= 0.6 is 0 Å².